The molecule has 3 heterocycles. The molecule has 222 valence electrons. The van der Waals surface area contributed by atoms with E-state index in [0.29, 0.717) is 12.8 Å². The minimum absolute atomic E-state index is 0.131. The Morgan fingerprint density at radius 1 is 0.868 bits per heavy atom. The van der Waals surface area contributed by atoms with Crippen molar-refractivity contribution >= 4 is 0 Å². The van der Waals surface area contributed by atoms with Crippen LogP contribution >= 0.6 is 0 Å². The lowest BCUT2D eigenvalue weighted by molar-refractivity contribution is -0.369. The molecule has 0 bridgehead atoms. The predicted molar refractivity (Wildman–Crippen MR) is 130 cm³/mol. The van der Waals surface area contributed by atoms with Crippen LogP contribution in [0.4, 0.5) is 0 Å². The summed E-state index contributed by atoms with van der Waals surface area (Å²) in [6, 6.07) is -4.55. The molecule has 0 aromatic rings. The van der Waals surface area contributed by atoms with Crippen LogP contribution in [0.2, 0.25) is 0 Å². The normalized spacial score (nSPS) is 54.2. The first-order valence-corrected chi connectivity index (χ1v) is 13.0. The van der Waals surface area contributed by atoms with Gasteiger partial charge in [-0.1, -0.05) is 0 Å². The minimum Gasteiger partial charge on any atom is -0.394 e. The van der Waals surface area contributed by atoms with Crippen LogP contribution in [0.25, 0.3) is 0 Å². The molecule has 4 aliphatic rings. The molecule has 1 spiro atoms. The monoisotopic (exact) mass is 552 g/mol. The third-order valence-corrected chi connectivity index (χ3v) is 8.29. The van der Waals surface area contributed by atoms with E-state index < -0.39 is 104 Å². The third kappa shape index (κ3) is 5.60. The molecule has 38 heavy (non-hydrogen) atoms. The second kappa shape index (κ2) is 12.1. The molecule has 0 aromatic heterocycles. The van der Waals surface area contributed by atoms with E-state index >= 15 is 0 Å². The van der Waals surface area contributed by atoms with Crippen LogP contribution in [0, 0.1) is 0 Å². The SMILES string of the molecule is CNC1C(O[C@H]2OC(CO)[C@@H](N)C(N)C2O)OCC2(CCC(N)[C@@H](O[C@@H]3C(N)C[C@@H](N)C(O)C3O)O2)C1O. The average molecular weight is 553 g/mol. The molecule has 0 amide bonds. The van der Waals surface area contributed by atoms with E-state index in [1.807, 2.05) is 0 Å². The van der Waals surface area contributed by atoms with Gasteiger partial charge in [-0.15, -0.1) is 0 Å². The van der Waals surface area contributed by atoms with Crippen molar-refractivity contribution in [3.63, 3.8) is 0 Å². The van der Waals surface area contributed by atoms with Gasteiger partial charge in [0.25, 0.3) is 0 Å². The number of aliphatic hydroxyl groups excluding tert-OH is 5. The molecule has 1 aliphatic carbocycles. The van der Waals surface area contributed by atoms with E-state index in [2.05, 4.69) is 5.32 Å². The molecule has 4 rings (SSSR count). The van der Waals surface area contributed by atoms with E-state index in [1.165, 1.54) is 0 Å². The maximum atomic E-state index is 11.4. The van der Waals surface area contributed by atoms with Crippen LogP contribution in [0.15, 0.2) is 0 Å². The molecule has 0 radical (unpaired) electrons. The summed E-state index contributed by atoms with van der Waals surface area (Å²) in [5.74, 6) is 0. The van der Waals surface area contributed by atoms with Gasteiger partial charge in [-0.3, -0.25) is 0 Å². The van der Waals surface area contributed by atoms with Gasteiger partial charge in [0, 0.05) is 12.1 Å². The standard InChI is InChI=1S/C22H44N6O10/c1-28-13-18(33)22(6-34-20(13)37-21-15(31)12(27)11(26)10(5-29)35-21)3-2-7(23)19(38-22)36-17-9(25)4-8(24)14(30)16(17)32/h7-21,28-33H,2-6,23-27H2,1H3/t7?,8-,9?,10?,11-,12?,13?,14?,15?,16?,17-,18?,19+,20?,21-,22?/m1/s1. The van der Waals surface area contributed by atoms with Crippen LogP contribution in [0.1, 0.15) is 19.3 Å². The first-order valence-electron chi connectivity index (χ1n) is 13.0. The van der Waals surface area contributed by atoms with Gasteiger partial charge < -0.3 is 83.2 Å². The molecule has 1 saturated carbocycles. The topological polar surface area (TPSA) is 289 Å². The lowest BCUT2D eigenvalue weighted by Crippen LogP contribution is -2.72. The van der Waals surface area contributed by atoms with Gasteiger partial charge in [-0.05, 0) is 26.3 Å². The molecule has 3 saturated heterocycles. The second-order valence-corrected chi connectivity index (χ2v) is 10.8. The first kappa shape index (κ1) is 30.3. The highest BCUT2D eigenvalue weighted by molar-refractivity contribution is 5.05. The summed E-state index contributed by atoms with van der Waals surface area (Å²) in [4.78, 5) is 0. The van der Waals surface area contributed by atoms with Crippen LogP contribution < -0.4 is 34.0 Å². The van der Waals surface area contributed by atoms with E-state index in [1.54, 1.807) is 7.05 Å². The third-order valence-electron chi connectivity index (χ3n) is 8.29. The fourth-order valence-corrected chi connectivity index (χ4v) is 5.72. The van der Waals surface area contributed by atoms with Gasteiger partial charge in [0.05, 0.1) is 43.5 Å². The van der Waals surface area contributed by atoms with Crippen molar-refractivity contribution in [2.75, 3.05) is 20.3 Å². The Kier molecular flexibility index (Phi) is 9.63. The van der Waals surface area contributed by atoms with Crippen LogP contribution in [0.5, 0.6) is 0 Å². The molecule has 3 aliphatic heterocycles. The quantitative estimate of drug-likeness (QED) is 0.146. The smallest absolute Gasteiger partial charge is 0.188 e. The van der Waals surface area contributed by atoms with E-state index in [4.69, 9.17) is 52.4 Å². The number of nitrogens with one attached hydrogen (secondary N) is 1. The largest absolute Gasteiger partial charge is 0.394 e. The molecular formula is C22H44N6O10. The Labute approximate surface area is 220 Å². The summed E-state index contributed by atoms with van der Waals surface area (Å²) < 4.78 is 29.6. The number of rotatable bonds is 6. The van der Waals surface area contributed by atoms with Crippen molar-refractivity contribution in [2.45, 2.75) is 117 Å². The number of hydrogen-bond acceptors (Lipinski definition) is 16. The van der Waals surface area contributed by atoms with Crippen molar-refractivity contribution in [1.29, 1.82) is 0 Å². The predicted octanol–water partition coefficient (Wildman–Crippen LogP) is -6.59. The maximum absolute atomic E-state index is 11.4. The number of hydrogen-bond donors (Lipinski definition) is 11. The molecule has 4 fully saturated rings. The zero-order valence-corrected chi connectivity index (χ0v) is 21.4. The summed E-state index contributed by atoms with van der Waals surface area (Å²) in [5, 5.41) is 55.2. The first-order chi connectivity index (χ1) is 17.9. The number of likely N-dealkylation sites (N-methyl/N-ethyl adjacent to an activating group) is 1. The Morgan fingerprint density at radius 3 is 2.24 bits per heavy atom. The van der Waals surface area contributed by atoms with Gasteiger partial charge in [0.1, 0.15) is 36.1 Å². The number of aliphatic hydroxyl groups is 5. The molecule has 0 aromatic carbocycles. The van der Waals surface area contributed by atoms with Crippen molar-refractivity contribution in [1.82, 2.24) is 5.32 Å². The fraction of sp³-hybridized carbons (Fsp3) is 1.00. The van der Waals surface area contributed by atoms with Crippen LogP contribution in [-0.4, -0.2) is 143 Å². The van der Waals surface area contributed by atoms with Crippen molar-refractivity contribution in [3.05, 3.63) is 0 Å². The highest BCUT2D eigenvalue weighted by Crippen LogP contribution is 2.39. The van der Waals surface area contributed by atoms with Gasteiger partial charge in [-0.2, -0.15) is 0 Å². The lowest BCUT2D eigenvalue weighted by Gasteiger charge is -2.53. The van der Waals surface area contributed by atoms with Crippen molar-refractivity contribution < 1.29 is 49.2 Å². The van der Waals surface area contributed by atoms with Crippen LogP contribution in [-0.2, 0) is 23.7 Å². The molecule has 11 unspecified atom stereocenters. The Morgan fingerprint density at radius 2 is 1.58 bits per heavy atom. The lowest BCUT2D eigenvalue weighted by atomic mass is 9.81. The van der Waals surface area contributed by atoms with Crippen molar-refractivity contribution in [2.24, 2.45) is 28.7 Å². The van der Waals surface area contributed by atoms with Crippen molar-refractivity contribution in [3.8, 4) is 0 Å². The maximum Gasteiger partial charge on any atom is 0.188 e. The van der Waals surface area contributed by atoms with Gasteiger partial charge in [0.15, 0.2) is 18.9 Å². The Bertz CT molecular complexity index is 789. The summed E-state index contributed by atoms with van der Waals surface area (Å²) >= 11 is 0. The highest BCUT2D eigenvalue weighted by Gasteiger charge is 2.56. The summed E-state index contributed by atoms with van der Waals surface area (Å²) in [7, 11) is 1.59. The highest BCUT2D eigenvalue weighted by atomic mass is 16.8. The molecule has 16 heteroatoms. The second-order valence-electron chi connectivity index (χ2n) is 10.8. The number of nitrogens with two attached hydrogens (primary N) is 5. The average Bonchev–Trinajstić information content (AvgIpc) is 2.89. The molecular weight excluding hydrogens is 508 g/mol. The van der Waals surface area contributed by atoms with Gasteiger partial charge >= 0.3 is 0 Å². The minimum atomic E-state index is -1.35. The van der Waals surface area contributed by atoms with E-state index in [9.17, 15) is 25.5 Å². The fourth-order valence-electron chi connectivity index (χ4n) is 5.72. The molecule has 16 nitrogen and oxygen atoms in total. The zero-order chi connectivity index (χ0) is 27.9. The Balaban J connectivity index is 1.45. The summed E-state index contributed by atoms with van der Waals surface area (Å²) in [5.41, 5.74) is 28.9. The molecule has 16 N–H and O–H groups in total. The molecule has 16 atom stereocenters. The summed E-state index contributed by atoms with van der Waals surface area (Å²) in [6.07, 6.45) is -9.42. The van der Waals surface area contributed by atoms with Crippen LogP contribution in [0.3, 0.4) is 0 Å². The van der Waals surface area contributed by atoms with Gasteiger partial charge in [-0.25, -0.2) is 0 Å². The summed E-state index contributed by atoms with van der Waals surface area (Å²) in [6.45, 7) is -0.555. The van der Waals surface area contributed by atoms with E-state index in [0.717, 1.165) is 0 Å². The Hall–Kier alpha value is -0.640. The number of ether oxygens (including phenoxy) is 5. The van der Waals surface area contributed by atoms with E-state index in [-0.39, 0.29) is 13.0 Å². The van der Waals surface area contributed by atoms with Gasteiger partial charge in [0.2, 0.25) is 0 Å². The zero-order valence-electron chi connectivity index (χ0n) is 21.4.